The minimum absolute atomic E-state index is 0.165. The van der Waals surface area contributed by atoms with E-state index in [1.165, 1.54) is 16.7 Å². The van der Waals surface area contributed by atoms with Gasteiger partial charge in [0.25, 0.3) is 0 Å². The highest BCUT2D eigenvalue weighted by Gasteiger charge is 2.00. The molecule has 114 valence electrons. The Bertz CT molecular complexity index is 382. The summed E-state index contributed by atoms with van der Waals surface area (Å²) >= 11 is 0. The van der Waals surface area contributed by atoms with Crippen LogP contribution in [0.5, 0.6) is 0 Å². The monoisotopic (exact) mass is 277 g/mol. The normalized spacial score (nSPS) is 12.3. The topological polar surface area (TPSA) is 20.3 Å². The molecule has 0 N–H and O–H groups in total. The maximum absolute atomic E-state index is 11.5. The molecule has 0 unspecified atom stereocenters. The summed E-state index contributed by atoms with van der Waals surface area (Å²) in [4.78, 5) is 13.1. The minimum Gasteiger partial charge on any atom is -0.349 e. The van der Waals surface area contributed by atoms with E-state index in [-0.39, 0.29) is 5.91 Å². The summed E-state index contributed by atoms with van der Waals surface area (Å²) in [5, 5.41) is 0. The van der Waals surface area contributed by atoms with Crippen LogP contribution >= 0.6 is 0 Å². The van der Waals surface area contributed by atoms with Gasteiger partial charge in [0.1, 0.15) is 0 Å². The Morgan fingerprint density at radius 3 is 1.85 bits per heavy atom. The molecule has 0 radical (unpaired) electrons. The third kappa shape index (κ3) is 10.6. The van der Waals surface area contributed by atoms with Gasteiger partial charge in [0.2, 0.25) is 5.91 Å². The summed E-state index contributed by atoms with van der Waals surface area (Å²) < 4.78 is 0. The van der Waals surface area contributed by atoms with Gasteiger partial charge in [-0.25, -0.2) is 0 Å². The molecule has 0 saturated heterocycles. The zero-order valence-electron chi connectivity index (χ0n) is 14.1. The van der Waals surface area contributed by atoms with E-state index >= 15 is 0 Å². The molecular weight excluding hydrogens is 246 g/mol. The second-order valence-corrected chi connectivity index (χ2v) is 5.95. The molecule has 0 aliphatic carbocycles. The zero-order chi connectivity index (χ0) is 15.5. The van der Waals surface area contributed by atoms with Crippen LogP contribution in [0.25, 0.3) is 0 Å². The van der Waals surface area contributed by atoms with Crippen LogP contribution in [-0.4, -0.2) is 24.9 Å². The first-order valence-corrected chi connectivity index (χ1v) is 7.47. The highest BCUT2D eigenvalue weighted by molar-refractivity contribution is 5.77. The molecule has 0 rings (SSSR count). The second-order valence-electron chi connectivity index (χ2n) is 5.95. The number of hydrogen-bond acceptors (Lipinski definition) is 1. The number of nitrogens with zero attached hydrogens (tertiary/aromatic N) is 1. The first-order chi connectivity index (χ1) is 9.32. The van der Waals surface area contributed by atoms with Gasteiger partial charge >= 0.3 is 0 Å². The Hall–Kier alpha value is -1.31. The zero-order valence-corrected chi connectivity index (χ0v) is 14.1. The van der Waals surface area contributed by atoms with Crippen molar-refractivity contribution < 1.29 is 4.79 Å². The Morgan fingerprint density at radius 1 is 0.850 bits per heavy atom. The minimum atomic E-state index is 0.165. The van der Waals surface area contributed by atoms with Gasteiger partial charge in [0.05, 0.1) is 0 Å². The van der Waals surface area contributed by atoms with Crippen molar-refractivity contribution in [3.05, 3.63) is 34.9 Å². The Labute approximate surface area is 125 Å². The van der Waals surface area contributed by atoms with Crippen LogP contribution < -0.4 is 0 Å². The number of allylic oxidation sites excluding steroid dienone is 5. The molecule has 2 nitrogen and oxygen atoms in total. The third-order valence-corrected chi connectivity index (χ3v) is 3.25. The van der Waals surface area contributed by atoms with Gasteiger partial charge in [-0.2, -0.15) is 0 Å². The van der Waals surface area contributed by atoms with E-state index < -0.39 is 0 Å². The van der Waals surface area contributed by atoms with Gasteiger partial charge < -0.3 is 4.90 Å². The van der Waals surface area contributed by atoms with Gasteiger partial charge in [-0.05, 0) is 53.4 Å². The van der Waals surface area contributed by atoms with Gasteiger partial charge in [0, 0.05) is 20.5 Å². The van der Waals surface area contributed by atoms with Crippen LogP contribution in [0.4, 0.5) is 0 Å². The van der Waals surface area contributed by atoms with E-state index in [9.17, 15) is 4.79 Å². The van der Waals surface area contributed by atoms with Crippen molar-refractivity contribution in [2.45, 2.75) is 59.8 Å². The lowest BCUT2D eigenvalue weighted by atomic mass is 10.1. The van der Waals surface area contributed by atoms with Crippen molar-refractivity contribution >= 4 is 5.91 Å². The van der Waals surface area contributed by atoms with E-state index in [0.717, 1.165) is 25.7 Å². The fourth-order valence-electron chi connectivity index (χ4n) is 1.78. The predicted molar refractivity (Wildman–Crippen MR) is 88.7 cm³/mol. The Kier molecular flexibility index (Phi) is 9.79. The molecule has 0 aromatic rings. The predicted octanol–water partition coefficient (Wildman–Crippen LogP) is 4.88. The average molecular weight is 277 g/mol. The fraction of sp³-hybridized carbons (Fsp3) is 0.611. The number of carbonyl (C=O) groups is 1. The SMILES string of the molecule is CC(C)=CCC/C(C)=C/CCC(C)=CCC(=O)N(C)C. The molecule has 1 amide bonds. The van der Waals surface area contributed by atoms with Crippen LogP contribution in [0.1, 0.15) is 59.8 Å². The Morgan fingerprint density at radius 2 is 1.35 bits per heavy atom. The lowest BCUT2D eigenvalue weighted by molar-refractivity contribution is -0.127. The molecular formula is C18H31NO. The molecule has 0 aliphatic rings. The summed E-state index contributed by atoms with van der Waals surface area (Å²) in [5.41, 5.74) is 4.15. The van der Waals surface area contributed by atoms with Crippen LogP contribution in [0.2, 0.25) is 0 Å². The smallest absolute Gasteiger partial charge is 0.225 e. The second kappa shape index (κ2) is 10.5. The van der Waals surface area contributed by atoms with Crippen molar-refractivity contribution in [3.8, 4) is 0 Å². The maximum atomic E-state index is 11.5. The molecule has 0 aromatic heterocycles. The van der Waals surface area contributed by atoms with Crippen molar-refractivity contribution in [3.63, 3.8) is 0 Å². The molecule has 0 heterocycles. The van der Waals surface area contributed by atoms with Gasteiger partial charge in [-0.3, -0.25) is 4.79 Å². The molecule has 0 aromatic carbocycles. The molecule has 0 fully saturated rings. The van der Waals surface area contributed by atoms with E-state index in [1.54, 1.807) is 19.0 Å². The molecule has 0 saturated carbocycles. The molecule has 0 bridgehead atoms. The van der Waals surface area contributed by atoms with Crippen molar-refractivity contribution in [1.82, 2.24) is 4.90 Å². The largest absolute Gasteiger partial charge is 0.349 e. The van der Waals surface area contributed by atoms with Crippen molar-refractivity contribution in [2.24, 2.45) is 0 Å². The van der Waals surface area contributed by atoms with Crippen LogP contribution in [-0.2, 0) is 4.79 Å². The number of carbonyl (C=O) groups excluding carboxylic acids is 1. The first-order valence-electron chi connectivity index (χ1n) is 7.47. The standard InChI is InChI=1S/C18H31NO/c1-15(2)9-7-10-16(3)11-8-12-17(4)13-14-18(20)19(5)6/h9,11,13H,7-8,10,12,14H2,1-6H3/b16-11+,17-13?. The van der Waals surface area contributed by atoms with Crippen molar-refractivity contribution in [1.29, 1.82) is 0 Å². The average Bonchev–Trinajstić information content (AvgIpc) is 2.35. The van der Waals surface area contributed by atoms with E-state index in [2.05, 4.69) is 45.9 Å². The summed E-state index contributed by atoms with van der Waals surface area (Å²) in [7, 11) is 3.59. The first kappa shape index (κ1) is 18.7. The molecule has 0 spiro atoms. The van der Waals surface area contributed by atoms with Crippen molar-refractivity contribution in [2.75, 3.05) is 14.1 Å². The van der Waals surface area contributed by atoms with E-state index in [0.29, 0.717) is 6.42 Å². The quantitative estimate of drug-likeness (QED) is 0.579. The lowest BCUT2D eigenvalue weighted by Gasteiger charge is -2.08. The summed E-state index contributed by atoms with van der Waals surface area (Å²) in [6.07, 6.45) is 11.6. The highest BCUT2D eigenvalue weighted by Crippen LogP contribution is 2.11. The van der Waals surface area contributed by atoms with Crippen LogP contribution in [0.3, 0.4) is 0 Å². The Balaban J connectivity index is 4.00. The number of hydrogen-bond donors (Lipinski definition) is 0. The number of amides is 1. The summed E-state index contributed by atoms with van der Waals surface area (Å²) in [6, 6.07) is 0. The number of rotatable bonds is 8. The van der Waals surface area contributed by atoms with Crippen LogP contribution in [0.15, 0.2) is 34.9 Å². The van der Waals surface area contributed by atoms with E-state index in [4.69, 9.17) is 0 Å². The van der Waals surface area contributed by atoms with Gasteiger partial charge in [-0.15, -0.1) is 0 Å². The van der Waals surface area contributed by atoms with Gasteiger partial charge in [0.15, 0.2) is 0 Å². The third-order valence-electron chi connectivity index (χ3n) is 3.25. The maximum Gasteiger partial charge on any atom is 0.225 e. The fourth-order valence-corrected chi connectivity index (χ4v) is 1.78. The molecule has 20 heavy (non-hydrogen) atoms. The highest BCUT2D eigenvalue weighted by atomic mass is 16.2. The summed E-state index contributed by atoms with van der Waals surface area (Å²) in [6.45, 7) is 8.59. The van der Waals surface area contributed by atoms with Crippen LogP contribution in [0, 0.1) is 0 Å². The molecule has 0 atom stereocenters. The van der Waals surface area contributed by atoms with E-state index in [1.807, 2.05) is 0 Å². The molecule has 2 heteroatoms. The lowest BCUT2D eigenvalue weighted by Crippen LogP contribution is -2.20. The molecule has 0 aliphatic heterocycles. The van der Waals surface area contributed by atoms with Gasteiger partial charge in [-0.1, -0.05) is 34.9 Å². The summed E-state index contributed by atoms with van der Waals surface area (Å²) in [5.74, 6) is 0.165.